The van der Waals surface area contributed by atoms with E-state index in [0.717, 1.165) is 27.6 Å². The van der Waals surface area contributed by atoms with Gasteiger partial charge in [0.2, 0.25) is 5.91 Å². The Kier molecular flexibility index (Phi) is 6.90. The van der Waals surface area contributed by atoms with Crippen molar-refractivity contribution in [2.75, 3.05) is 19.0 Å². The highest BCUT2D eigenvalue weighted by Crippen LogP contribution is 2.31. The highest BCUT2D eigenvalue weighted by molar-refractivity contribution is 7.16. The lowest BCUT2D eigenvalue weighted by Crippen LogP contribution is -2.12. The van der Waals surface area contributed by atoms with Crippen LogP contribution in [0.1, 0.15) is 17.7 Å². The second kappa shape index (κ2) is 9.57. The maximum absolute atomic E-state index is 12.2. The second-order valence-electron chi connectivity index (χ2n) is 6.11. The molecule has 0 saturated heterocycles. The summed E-state index contributed by atoms with van der Waals surface area (Å²) in [5, 5.41) is 4.15. The van der Waals surface area contributed by atoms with Crippen molar-refractivity contribution in [2.45, 2.75) is 19.8 Å². The summed E-state index contributed by atoms with van der Waals surface area (Å²) >= 11 is 7.40. The number of nitrogens with zero attached hydrogens (tertiary/aromatic N) is 1. The van der Waals surface area contributed by atoms with E-state index in [-0.39, 0.29) is 5.91 Å². The quantitative estimate of drug-likeness (QED) is 0.487. The molecular weight excluding hydrogens is 396 g/mol. The van der Waals surface area contributed by atoms with E-state index in [0.29, 0.717) is 29.6 Å². The summed E-state index contributed by atoms with van der Waals surface area (Å²) in [5.41, 5.74) is 1.84. The van der Waals surface area contributed by atoms with Gasteiger partial charge in [-0.15, -0.1) is 11.3 Å². The Morgan fingerprint density at radius 3 is 2.46 bits per heavy atom. The molecule has 0 radical (unpaired) electrons. The summed E-state index contributed by atoms with van der Waals surface area (Å²) in [4.78, 5) is 17.8. The third kappa shape index (κ3) is 5.47. The standard InChI is InChI=1S/C21H21ClN2O3S/c1-14-20(15-5-7-16(22)8-6-15)24-21(28-14)23-19(25)4-3-13-27-18-11-9-17(26-2)10-12-18/h5-12H,3-4,13H2,1-2H3,(H,23,24,25). The summed E-state index contributed by atoms with van der Waals surface area (Å²) in [7, 11) is 1.62. The zero-order valence-electron chi connectivity index (χ0n) is 15.7. The fraction of sp³-hybridized carbons (Fsp3) is 0.238. The van der Waals surface area contributed by atoms with Crippen LogP contribution in [0.25, 0.3) is 11.3 Å². The Balaban J connectivity index is 1.47. The van der Waals surface area contributed by atoms with Gasteiger partial charge in [-0.1, -0.05) is 23.7 Å². The van der Waals surface area contributed by atoms with Crippen molar-refractivity contribution in [1.82, 2.24) is 4.98 Å². The van der Waals surface area contributed by atoms with Crippen molar-refractivity contribution in [3.05, 3.63) is 58.4 Å². The minimum absolute atomic E-state index is 0.0743. The first-order valence-corrected chi connectivity index (χ1v) is 10.0. The fourth-order valence-corrected chi connectivity index (χ4v) is 3.58. The van der Waals surface area contributed by atoms with Crippen molar-refractivity contribution >= 4 is 34.0 Å². The topological polar surface area (TPSA) is 60.5 Å². The second-order valence-corrected chi connectivity index (χ2v) is 7.75. The number of ether oxygens (including phenoxy) is 2. The van der Waals surface area contributed by atoms with Gasteiger partial charge in [-0.05, 0) is 49.7 Å². The Labute approximate surface area is 173 Å². The molecule has 0 unspecified atom stereocenters. The number of methoxy groups -OCH3 is 1. The lowest BCUT2D eigenvalue weighted by atomic mass is 10.1. The van der Waals surface area contributed by atoms with Gasteiger partial charge < -0.3 is 14.8 Å². The smallest absolute Gasteiger partial charge is 0.226 e. The molecule has 1 N–H and O–H groups in total. The predicted octanol–water partition coefficient (Wildman–Crippen LogP) is 5.58. The number of carbonyl (C=O) groups excluding carboxylic acids is 1. The van der Waals surface area contributed by atoms with E-state index in [1.54, 1.807) is 7.11 Å². The molecule has 0 aliphatic heterocycles. The third-order valence-corrected chi connectivity index (χ3v) is 5.18. The van der Waals surface area contributed by atoms with Crippen molar-refractivity contribution in [3.63, 3.8) is 0 Å². The number of nitrogens with one attached hydrogen (secondary N) is 1. The highest BCUT2D eigenvalue weighted by atomic mass is 35.5. The minimum Gasteiger partial charge on any atom is -0.497 e. The normalized spacial score (nSPS) is 10.5. The van der Waals surface area contributed by atoms with Gasteiger partial charge in [-0.25, -0.2) is 4.98 Å². The molecule has 1 amide bonds. The molecular formula is C21H21ClN2O3S. The lowest BCUT2D eigenvalue weighted by molar-refractivity contribution is -0.116. The van der Waals surface area contributed by atoms with Gasteiger partial charge in [-0.2, -0.15) is 0 Å². The summed E-state index contributed by atoms with van der Waals surface area (Å²) < 4.78 is 10.7. The number of thiazole rings is 1. The number of amides is 1. The number of benzene rings is 2. The van der Waals surface area contributed by atoms with Crippen LogP contribution in [0.2, 0.25) is 5.02 Å². The molecule has 0 aliphatic rings. The number of anilines is 1. The van der Waals surface area contributed by atoms with E-state index in [4.69, 9.17) is 21.1 Å². The minimum atomic E-state index is -0.0743. The van der Waals surface area contributed by atoms with Crippen LogP contribution in [0.3, 0.4) is 0 Å². The Morgan fingerprint density at radius 2 is 1.79 bits per heavy atom. The van der Waals surface area contributed by atoms with Gasteiger partial charge >= 0.3 is 0 Å². The summed E-state index contributed by atoms with van der Waals surface area (Å²) in [6.07, 6.45) is 0.983. The maximum atomic E-state index is 12.2. The Hall–Kier alpha value is -2.57. The van der Waals surface area contributed by atoms with E-state index in [2.05, 4.69) is 10.3 Å². The number of aryl methyl sites for hydroxylation is 1. The number of halogens is 1. The number of hydrogen-bond acceptors (Lipinski definition) is 5. The summed E-state index contributed by atoms with van der Waals surface area (Å²) in [6.45, 7) is 2.45. The highest BCUT2D eigenvalue weighted by Gasteiger charge is 2.12. The first-order chi connectivity index (χ1) is 13.5. The zero-order valence-corrected chi connectivity index (χ0v) is 17.3. The average Bonchev–Trinajstić information content (AvgIpc) is 3.06. The van der Waals surface area contributed by atoms with Gasteiger partial charge in [0.05, 0.1) is 19.4 Å². The fourth-order valence-electron chi connectivity index (χ4n) is 2.60. The first kappa shape index (κ1) is 20.2. The van der Waals surface area contributed by atoms with Crippen LogP contribution < -0.4 is 14.8 Å². The third-order valence-electron chi connectivity index (χ3n) is 4.04. The van der Waals surface area contributed by atoms with Gasteiger partial charge in [-0.3, -0.25) is 4.79 Å². The van der Waals surface area contributed by atoms with E-state index in [1.807, 2.05) is 55.5 Å². The Morgan fingerprint density at radius 1 is 1.11 bits per heavy atom. The first-order valence-electron chi connectivity index (χ1n) is 8.85. The van der Waals surface area contributed by atoms with E-state index >= 15 is 0 Å². The number of rotatable bonds is 8. The Bertz CT molecular complexity index is 924. The van der Waals surface area contributed by atoms with E-state index in [9.17, 15) is 4.79 Å². The molecule has 1 heterocycles. The molecule has 7 heteroatoms. The molecule has 2 aromatic carbocycles. The molecule has 0 atom stereocenters. The molecule has 146 valence electrons. The van der Waals surface area contributed by atoms with Gasteiger partial charge in [0.25, 0.3) is 0 Å². The van der Waals surface area contributed by atoms with Crippen molar-refractivity contribution in [3.8, 4) is 22.8 Å². The molecule has 0 bridgehead atoms. The van der Waals surface area contributed by atoms with Gasteiger partial charge in [0.1, 0.15) is 11.5 Å². The molecule has 3 aromatic rings. The number of hydrogen-bond donors (Lipinski definition) is 1. The van der Waals surface area contributed by atoms with Crippen LogP contribution in [0.5, 0.6) is 11.5 Å². The number of aromatic nitrogens is 1. The van der Waals surface area contributed by atoms with Gasteiger partial charge in [0.15, 0.2) is 5.13 Å². The maximum Gasteiger partial charge on any atom is 0.226 e. The largest absolute Gasteiger partial charge is 0.497 e. The molecule has 0 fully saturated rings. The van der Waals surface area contributed by atoms with Crippen molar-refractivity contribution in [1.29, 1.82) is 0 Å². The van der Waals surface area contributed by atoms with Crippen LogP contribution >= 0.6 is 22.9 Å². The van der Waals surface area contributed by atoms with Crippen LogP contribution in [0, 0.1) is 6.92 Å². The number of carbonyl (C=O) groups is 1. The monoisotopic (exact) mass is 416 g/mol. The van der Waals surface area contributed by atoms with E-state index in [1.165, 1.54) is 11.3 Å². The van der Waals surface area contributed by atoms with E-state index < -0.39 is 0 Å². The van der Waals surface area contributed by atoms with Crippen molar-refractivity contribution in [2.24, 2.45) is 0 Å². The average molecular weight is 417 g/mol. The van der Waals surface area contributed by atoms with Gasteiger partial charge in [0, 0.05) is 21.9 Å². The molecule has 0 aliphatic carbocycles. The molecule has 28 heavy (non-hydrogen) atoms. The summed E-state index contributed by atoms with van der Waals surface area (Å²) in [6, 6.07) is 14.9. The lowest BCUT2D eigenvalue weighted by Gasteiger charge is -2.07. The predicted molar refractivity (Wildman–Crippen MR) is 114 cm³/mol. The molecule has 3 rings (SSSR count). The zero-order chi connectivity index (χ0) is 19.9. The van der Waals surface area contributed by atoms with Crippen LogP contribution in [0.4, 0.5) is 5.13 Å². The SMILES string of the molecule is COc1ccc(OCCCC(=O)Nc2nc(-c3ccc(Cl)cc3)c(C)s2)cc1. The summed E-state index contributed by atoms with van der Waals surface area (Å²) in [5.74, 6) is 1.46. The molecule has 0 saturated carbocycles. The molecule has 5 nitrogen and oxygen atoms in total. The van der Waals surface area contributed by atoms with Crippen molar-refractivity contribution < 1.29 is 14.3 Å². The van der Waals surface area contributed by atoms with Crippen LogP contribution in [-0.4, -0.2) is 24.6 Å². The molecule has 0 spiro atoms. The molecule has 1 aromatic heterocycles. The van der Waals surface area contributed by atoms with Crippen LogP contribution in [0.15, 0.2) is 48.5 Å². The van der Waals surface area contributed by atoms with Crippen LogP contribution in [-0.2, 0) is 4.79 Å².